The number of carboxylic acid groups (broad SMARTS) is 1. The van der Waals surface area contributed by atoms with Gasteiger partial charge < -0.3 is 45.1 Å². The molecule has 3 aliphatic rings. The average molecular weight is 736 g/mol. The quantitative estimate of drug-likeness (QED) is 0.0850. The molecule has 3 aliphatic heterocycles. The van der Waals surface area contributed by atoms with Crippen LogP contribution in [0.15, 0.2) is 6.20 Å². The van der Waals surface area contributed by atoms with Crippen molar-refractivity contribution in [1.29, 1.82) is 0 Å². The minimum Gasteiger partial charge on any atom is -0.481 e. The molecule has 6 N–H and O–H groups in total. The molecule has 0 aromatic carbocycles. The summed E-state index contributed by atoms with van der Waals surface area (Å²) in [6.45, 7) is 8.45. The number of carbonyl (C=O) groups excluding carboxylic acids is 5. The zero-order chi connectivity index (χ0) is 37.7. The van der Waals surface area contributed by atoms with Crippen molar-refractivity contribution in [2.24, 2.45) is 5.73 Å². The Hall–Kier alpha value is -3.62. The number of H-pyrrole nitrogens is 1. The van der Waals surface area contributed by atoms with Crippen LogP contribution in [0.3, 0.4) is 0 Å². The number of cyclic esters (lactones) is 3. The molecule has 4 heterocycles. The molecular weight excluding hydrogens is 681 g/mol. The lowest BCUT2D eigenvalue weighted by Crippen LogP contribution is -2.30. The van der Waals surface area contributed by atoms with Crippen LogP contribution in [-0.4, -0.2) is 150 Å². The van der Waals surface area contributed by atoms with Crippen LogP contribution in [0.5, 0.6) is 0 Å². The van der Waals surface area contributed by atoms with E-state index in [1.807, 2.05) is 32.6 Å². The van der Waals surface area contributed by atoms with Crippen molar-refractivity contribution >= 4 is 61.0 Å². The number of nitrogens with one attached hydrogen (secondary N) is 2. The number of esters is 3. The molecule has 0 aliphatic carbocycles. The number of ether oxygens (including phenoxy) is 3. The standard InChI is InChI=1S/C10H17BN4O3.C8H12ClNO3.C7H11NO4.C3H9N.CH2O.CH4/c1-11(17)14-10-12-5-7(13-10)3-4-8-9(16)18-6-15(8)2;1-10-5-13-8(12)7(10)3-2-6(11)4-9;1-8-4-12-7(11)5(8)2-3-6(9)10;1-3(2)4;1-2;/h5,8,17H,3-4,6H2,1-2H3,(H2,12,13,14);7H,2-5H2,1H3;5H,2-4H2,1H3,(H,9,10);3H,4H2,1-2H3;1H2;1H4/t8-;7-;5-;;;/m000.../s1. The summed E-state index contributed by atoms with van der Waals surface area (Å²) in [4.78, 5) is 75.0. The van der Waals surface area contributed by atoms with Gasteiger partial charge in [0.05, 0.1) is 12.1 Å². The number of aryl methyl sites for hydroxylation is 1. The van der Waals surface area contributed by atoms with Gasteiger partial charge in [-0.25, -0.2) is 4.98 Å². The third kappa shape index (κ3) is 19.5. The van der Waals surface area contributed by atoms with Gasteiger partial charge in [0.25, 0.3) is 0 Å². The Morgan fingerprint density at radius 3 is 1.72 bits per heavy atom. The van der Waals surface area contributed by atoms with E-state index in [-0.39, 0.29) is 68.3 Å². The van der Waals surface area contributed by atoms with Gasteiger partial charge in [0.1, 0.15) is 50.9 Å². The van der Waals surface area contributed by atoms with Crippen molar-refractivity contribution in [1.82, 2.24) is 24.7 Å². The van der Waals surface area contributed by atoms with Crippen LogP contribution in [0.2, 0.25) is 6.82 Å². The largest absolute Gasteiger partial charge is 0.481 e. The highest BCUT2D eigenvalue weighted by Crippen LogP contribution is 2.16. The normalized spacial score (nSPS) is 19.8. The van der Waals surface area contributed by atoms with E-state index in [1.54, 1.807) is 36.9 Å². The monoisotopic (exact) mass is 735 g/mol. The Labute approximate surface area is 299 Å². The van der Waals surface area contributed by atoms with Crippen LogP contribution in [-0.2, 0) is 49.4 Å². The van der Waals surface area contributed by atoms with Crippen molar-refractivity contribution in [3.8, 4) is 0 Å². The molecule has 0 radical (unpaired) electrons. The molecule has 0 unspecified atom stereocenters. The molecule has 3 atom stereocenters. The van der Waals surface area contributed by atoms with Gasteiger partial charge in [-0.2, -0.15) is 0 Å². The van der Waals surface area contributed by atoms with Gasteiger partial charge in [-0.05, 0) is 59.7 Å². The predicted molar refractivity (Wildman–Crippen MR) is 187 cm³/mol. The van der Waals surface area contributed by atoms with Gasteiger partial charge in [0.2, 0.25) is 0 Å². The van der Waals surface area contributed by atoms with Crippen molar-refractivity contribution in [3.63, 3.8) is 0 Å². The van der Waals surface area contributed by atoms with Crippen LogP contribution in [0.25, 0.3) is 0 Å². The minimum atomic E-state index is -0.886. The fourth-order valence-corrected chi connectivity index (χ4v) is 4.42. The van der Waals surface area contributed by atoms with E-state index in [1.165, 1.54) is 0 Å². The lowest BCUT2D eigenvalue weighted by atomic mass is 9.89. The smallest absolute Gasteiger partial charge is 0.409 e. The number of hydrogen-bond acceptors (Lipinski definition) is 16. The maximum Gasteiger partial charge on any atom is 0.409 e. The van der Waals surface area contributed by atoms with E-state index < -0.39 is 13.0 Å². The minimum absolute atomic E-state index is 0. The second-order valence-corrected chi connectivity index (χ2v) is 11.9. The summed E-state index contributed by atoms with van der Waals surface area (Å²) in [5.41, 5.74) is 6.03. The molecule has 3 saturated heterocycles. The van der Waals surface area contributed by atoms with Crippen LogP contribution in [0.4, 0.5) is 5.95 Å². The number of likely N-dealkylation sites (N-methyl/N-ethyl adjacent to an activating group) is 3. The number of hydrogen-bond donors (Lipinski definition) is 5. The van der Waals surface area contributed by atoms with Crippen molar-refractivity contribution < 1.29 is 53.1 Å². The first-order chi connectivity index (χ1) is 23.0. The number of carboxylic acids is 1. The molecule has 3 fully saturated rings. The maximum absolute atomic E-state index is 11.4. The molecule has 20 heteroatoms. The van der Waals surface area contributed by atoms with Crippen LogP contribution in [0, 0.1) is 0 Å². The highest BCUT2D eigenvalue weighted by molar-refractivity contribution is 6.52. The summed E-state index contributed by atoms with van der Waals surface area (Å²) < 4.78 is 14.4. The van der Waals surface area contributed by atoms with E-state index in [4.69, 9.17) is 46.5 Å². The molecule has 0 amide bonds. The topological polar surface area (TPSA) is 247 Å². The van der Waals surface area contributed by atoms with Crippen LogP contribution >= 0.6 is 11.6 Å². The number of imidazole rings is 1. The van der Waals surface area contributed by atoms with E-state index in [0.717, 1.165) is 5.69 Å². The van der Waals surface area contributed by atoms with Gasteiger partial charge in [-0.3, -0.25) is 38.7 Å². The molecule has 1 aromatic heterocycles. The molecule has 0 spiro atoms. The number of aromatic nitrogens is 2. The van der Waals surface area contributed by atoms with Crippen LogP contribution < -0.4 is 11.0 Å². The number of anilines is 1. The number of aliphatic carboxylic acids is 1. The highest BCUT2D eigenvalue weighted by atomic mass is 35.5. The van der Waals surface area contributed by atoms with Gasteiger partial charge in [-0.15, -0.1) is 11.6 Å². The third-order valence-electron chi connectivity index (χ3n) is 6.78. The van der Waals surface area contributed by atoms with Gasteiger partial charge in [0.15, 0.2) is 5.95 Å². The number of nitrogens with two attached hydrogens (primary N) is 1. The molecule has 0 bridgehead atoms. The summed E-state index contributed by atoms with van der Waals surface area (Å²) >= 11 is 5.33. The predicted octanol–water partition coefficient (Wildman–Crippen LogP) is 0.539. The fraction of sp³-hybridized carbons (Fsp3) is 0.700. The Balaban J connectivity index is 0. The third-order valence-corrected chi connectivity index (χ3v) is 7.08. The Kier molecular flexibility index (Phi) is 25.4. The maximum atomic E-state index is 11.4. The first-order valence-corrected chi connectivity index (χ1v) is 16.0. The molecule has 4 rings (SSSR count). The summed E-state index contributed by atoms with van der Waals surface area (Å²) in [5.74, 6) is -1.10. The number of carbonyl (C=O) groups is 6. The number of ketones is 1. The van der Waals surface area contributed by atoms with E-state index in [0.29, 0.717) is 57.6 Å². The second-order valence-electron chi connectivity index (χ2n) is 11.6. The summed E-state index contributed by atoms with van der Waals surface area (Å²) in [5, 5.41) is 20.3. The number of aromatic amines is 1. The summed E-state index contributed by atoms with van der Waals surface area (Å²) in [6.07, 6.45) is 4.26. The molecule has 18 nitrogen and oxygen atoms in total. The molecular formula is C30H55BClN7O11. The number of Topliss-reactive ketones (excluding diaryl/α,β-unsaturated/α-hetero) is 1. The summed E-state index contributed by atoms with van der Waals surface area (Å²) in [6, 6.07) is -0.491. The van der Waals surface area contributed by atoms with E-state index in [2.05, 4.69) is 15.2 Å². The fourth-order valence-electron chi connectivity index (χ4n) is 4.28. The van der Waals surface area contributed by atoms with Gasteiger partial charge >= 0.3 is 30.9 Å². The molecule has 0 saturated carbocycles. The SMILES string of the molecule is C.C=O.CB(O)Nc1ncc(CC[C@H]2C(=O)OCN2C)[nH]1.CC(C)N.CN1COC(=O)[C@@H]1CCC(=O)CCl.CN1COC(=O)[C@@H]1CCC(=O)O. The Morgan fingerprint density at radius 2 is 1.38 bits per heavy atom. The van der Waals surface area contributed by atoms with Crippen molar-refractivity contribution in [2.75, 3.05) is 52.4 Å². The zero-order valence-corrected chi connectivity index (χ0v) is 29.8. The Bertz CT molecular complexity index is 1180. The van der Waals surface area contributed by atoms with Crippen molar-refractivity contribution in [2.45, 2.75) is 90.8 Å². The zero-order valence-electron chi connectivity index (χ0n) is 29.1. The number of nitrogens with zero attached hydrogens (tertiary/aromatic N) is 4. The second kappa shape index (κ2) is 26.2. The number of alkyl halides is 1. The molecule has 1 aromatic rings. The van der Waals surface area contributed by atoms with E-state index >= 15 is 0 Å². The Morgan fingerprint density at radius 1 is 0.980 bits per heavy atom. The van der Waals surface area contributed by atoms with E-state index in [9.17, 15) is 24.0 Å². The molecule has 286 valence electrons. The van der Waals surface area contributed by atoms with Crippen LogP contribution in [0.1, 0.15) is 59.1 Å². The lowest BCUT2D eigenvalue weighted by Gasteiger charge is -2.12. The molecule has 50 heavy (non-hydrogen) atoms. The summed E-state index contributed by atoms with van der Waals surface area (Å²) in [7, 11) is 4.74. The first kappa shape index (κ1) is 48.5. The number of halogens is 1. The highest BCUT2D eigenvalue weighted by Gasteiger charge is 2.33. The lowest BCUT2D eigenvalue weighted by molar-refractivity contribution is -0.141. The average Bonchev–Trinajstić information content (AvgIpc) is 3.79. The first-order valence-electron chi connectivity index (χ1n) is 15.5. The number of rotatable bonds is 12. The van der Waals surface area contributed by atoms with Crippen molar-refractivity contribution in [3.05, 3.63) is 11.9 Å². The van der Waals surface area contributed by atoms with Gasteiger partial charge in [0, 0.05) is 18.5 Å². The van der Waals surface area contributed by atoms with Gasteiger partial charge in [-0.1, -0.05) is 21.3 Å².